The maximum absolute atomic E-state index is 4.26. The zero-order chi connectivity index (χ0) is 31.9. The van der Waals surface area contributed by atoms with Crippen LogP contribution in [0.2, 0.25) is 0 Å². The van der Waals surface area contributed by atoms with Crippen molar-refractivity contribution < 1.29 is 0 Å². The van der Waals surface area contributed by atoms with Gasteiger partial charge in [-0.3, -0.25) is 0 Å². The largest absolute Gasteiger partial charge is 0.135 e. The number of fused-ring (bicyclic) bond motifs is 11. The van der Waals surface area contributed by atoms with Gasteiger partial charge in [-0.2, -0.15) is 0 Å². The van der Waals surface area contributed by atoms with Gasteiger partial charge in [0.1, 0.15) is 0 Å². The monoisotopic (exact) mass is 646 g/mol. The molecule has 9 aromatic rings. The van der Waals surface area contributed by atoms with Crippen LogP contribution in [-0.2, 0) is 0 Å². The molecule has 0 aliphatic heterocycles. The average molecular weight is 647 g/mol. The van der Waals surface area contributed by atoms with E-state index in [0.717, 1.165) is 0 Å². The molecule has 0 radical (unpaired) electrons. The molecule has 0 amide bonds. The number of benzene rings is 7. The molecule has 2 atom stereocenters. The van der Waals surface area contributed by atoms with Gasteiger partial charge in [0, 0.05) is 57.6 Å². The van der Waals surface area contributed by atoms with Crippen molar-refractivity contribution in [3.8, 4) is 11.1 Å². The molecule has 0 saturated carbocycles. The summed E-state index contributed by atoms with van der Waals surface area (Å²) >= 11 is 3.81. The van der Waals surface area contributed by atoms with E-state index in [-0.39, 0.29) is 11.8 Å². The average Bonchev–Trinajstić information content (AvgIpc) is 3.71. The first kappa shape index (κ1) is 27.8. The van der Waals surface area contributed by atoms with Gasteiger partial charge in [-0.1, -0.05) is 121 Å². The van der Waals surface area contributed by atoms with Gasteiger partial charge < -0.3 is 0 Å². The first-order chi connectivity index (χ1) is 23.7. The van der Waals surface area contributed by atoms with Gasteiger partial charge in [0.05, 0.1) is 0 Å². The minimum absolute atomic E-state index is 0.168. The molecule has 0 fully saturated rings. The zero-order valence-electron chi connectivity index (χ0n) is 26.2. The highest BCUT2D eigenvalue weighted by molar-refractivity contribution is 7.27. The molecule has 2 heterocycles. The van der Waals surface area contributed by atoms with Crippen molar-refractivity contribution in [1.29, 1.82) is 0 Å². The summed E-state index contributed by atoms with van der Waals surface area (Å²) < 4.78 is 5.36. The fourth-order valence-corrected chi connectivity index (χ4v) is 10.6. The molecule has 0 spiro atoms. The van der Waals surface area contributed by atoms with Gasteiger partial charge in [-0.05, 0) is 73.5 Å². The van der Waals surface area contributed by atoms with E-state index >= 15 is 0 Å². The van der Waals surface area contributed by atoms with Crippen LogP contribution in [0.3, 0.4) is 0 Å². The van der Waals surface area contributed by atoms with Crippen LogP contribution >= 0.6 is 22.7 Å². The topological polar surface area (TPSA) is 0 Å². The van der Waals surface area contributed by atoms with Crippen LogP contribution in [0.25, 0.3) is 89.4 Å². The highest BCUT2D eigenvalue weighted by Gasteiger charge is 2.26. The van der Waals surface area contributed by atoms with Crippen LogP contribution in [-0.4, -0.2) is 0 Å². The minimum Gasteiger partial charge on any atom is -0.135 e. The lowest BCUT2D eigenvalue weighted by Crippen LogP contribution is -2.13. The molecule has 2 heteroatoms. The highest BCUT2D eigenvalue weighted by atomic mass is 32.1. The van der Waals surface area contributed by atoms with Crippen molar-refractivity contribution in [1.82, 2.24) is 0 Å². The van der Waals surface area contributed by atoms with Crippen LogP contribution in [0.15, 0.2) is 159 Å². The first-order valence-electron chi connectivity index (χ1n) is 16.5. The standard InChI is InChI=1S/C46H30S2/c1-3-27-12-11-18-31(30(27)4-2)44-34-15-7-5-13-32(34)42(33-14-6-8-16-35(33)44)29-20-23-37-41(26-29)48-40-25-22-28-21-24-39-45(43(28)46(37)40)36-17-9-10-19-38(36)47-39/h3-27,30H,1-2H2. The van der Waals surface area contributed by atoms with Crippen LogP contribution in [0, 0.1) is 11.8 Å². The van der Waals surface area contributed by atoms with Crippen molar-refractivity contribution in [3.63, 3.8) is 0 Å². The second-order valence-corrected chi connectivity index (χ2v) is 15.0. The maximum Gasteiger partial charge on any atom is 0.0362 e. The molecule has 0 saturated heterocycles. The Morgan fingerprint density at radius 3 is 1.73 bits per heavy atom. The minimum atomic E-state index is 0.168. The number of thiophene rings is 2. The van der Waals surface area contributed by atoms with Crippen LogP contribution < -0.4 is 0 Å². The predicted molar refractivity (Wildman–Crippen MR) is 215 cm³/mol. The molecule has 48 heavy (non-hydrogen) atoms. The summed E-state index contributed by atoms with van der Waals surface area (Å²) in [5.41, 5.74) is 5.15. The van der Waals surface area contributed by atoms with Gasteiger partial charge in [0.25, 0.3) is 0 Å². The Kier molecular flexibility index (Phi) is 6.15. The Hall–Kier alpha value is -5.28. The summed E-state index contributed by atoms with van der Waals surface area (Å²) in [5, 5.41) is 13.2. The lowest BCUT2D eigenvalue weighted by Gasteiger charge is -2.28. The Morgan fingerprint density at radius 1 is 0.500 bits per heavy atom. The Balaban J connectivity index is 1.26. The third-order valence-electron chi connectivity index (χ3n) is 10.4. The van der Waals surface area contributed by atoms with E-state index in [1.54, 1.807) is 0 Å². The van der Waals surface area contributed by atoms with Gasteiger partial charge in [-0.15, -0.1) is 35.8 Å². The van der Waals surface area contributed by atoms with Crippen molar-refractivity contribution in [2.75, 3.05) is 0 Å². The smallest absolute Gasteiger partial charge is 0.0362 e. The summed E-state index contributed by atoms with van der Waals surface area (Å²) in [4.78, 5) is 0. The molecule has 0 bridgehead atoms. The lowest BCUT2D eigenvalue weighted by molar-refractivity contribution is 0.689. The lowest BCUT2D eigenvalue weighted by atomic mass is 9.76. The van der Waals surface area contributed by atoms with Crippen molar-refractivity contribution in [3.05, 3.63) is 164 Å². The number of rotatable bonds is 4. The van der Waals surface area contributed by atoms with Crippen LogP contribution in [0.1, 0.15) is 5.56 Å². The van der Waals surface area contributed by atoms with Crippen molar-refractivity contribution in [2.24, 2.45) is 11.8 Å². The highest BCUT2D eigenvalue weighted by Crippen LogP contribution is 2.49. The second-order valence-electron chi connectivity index (χ2n) is 12.8. The number of hydrogen-bond donors (Lipinski definition) is 0. The molecular formula is C46H30S2. The van der Waals surface area contributed by atoms with E-state index in [1.807, 2.05) is 28.7 Å². The molecule has 0 nitrogen and oxygen atoms in total. The SMILES string of the molecule is C=CC1C=CC=C(c2c3ccccc3c(-c3ccc4c(c3)sc3ccc5ccc6sc7ccccc7c6c5c34)c3ccccc23)C1C=C. The molecule has 2 unspecified atom stereocenters. The maximum atomic E-state index is 4.26. The van der Waals surface area contributed by atoms with Gasteiger partial charge in [-0.25, -0.2) is 0 Å². The molecule has 0 N–H and O–H groups in total. The van der Waals surface area contributed by atoms with E-state index in [1.165, 1.54) is 94.9 Å². The van der Waals surface area contributed by atoms with E-state index in [0.29, 0.717) is 0 Å². The quantitative estimate of drug-likeness (QED) is 0.132. The van der Waals surface area contributed by atoms with E-state index < -0.39 is 0 Å². The summed E-state index contributed by atoms with van der Waals surface area (Å²) in [6.45, 7) is 8.40. The van der Waals surface area contributed by atoms with Gasteiger partial charge >= 0.3 is 0 Å². The molecule has 7 aromatic carbocycles. The van der Waals surface area contributed by atoms with Crippen molar-refractivity contribution >= 4 is 101 Å². The van der Waals surface area contributed by atoms with Gasteiger partial charge in [0.2, 0.25) is 0 Å². The Labute approximate surface area is 286 Å². The zero-order valence-corrected chi connectivity index (χ0v) is 27.9. The fraction of sp³-hybridized carbons (Fsp3) is 0.0435. The molecule has 10 rings (SSSR count). The van der Waals surface area contributed by atoms with E-state index in [2.05, 4.69) is 153 Å². The third kappa shape index (κ3) is 3.88. The molecule has 2 aromatic heterocycles. The molecule has 226 valence electrons. The van der Waals surface area contributed by atoms with Crippen LogP contribution in [0.4, 0.5) is 0 Å². The van der Waals surface area contributed by atoms with E-state index in [9.17, 15) is 0 Å². The third-order valence-corrected chi connectivity index (χ3v) is 12.6. The first-order valence-corrected chi connectivity index (χ1v) is 18.1. The summed E-state index contributed by atoms with van der Waals surface area (Å²) in [7, 11) is 0. The molecule has 1 aliphatic carbocycles. The Morgan fingerprint density at radius 2 is 1.08 bits per heavy atom. The second kappa shape index (κ2) is 10.6. The van der Waals surface area contributed by atoms with Crippen LogP contribution in [0.5, 0.6) is 0 Å². The van der Waals surface area contributed by atoms with Crippen molar-refractivity contribution in [2.45, 2.75) is 0 Å². The number of hydrogen-bond acceptors (Lipinski definition) is 2. The molecule has 1 aliphatic rings. The molecular weight excluding hydrogens is 617 g/mol. The van der Waals surface area contributed by atoms with Gasteiger partial charge in [0.15, 0.2) is 0 Å². The van der Waals surface area contributed by atoms with E-state index in [4.69, 9.17) is 0 Å². The Bertz CT molecular complexity index is 2830. The summed E-state index contributed by atoms with van der Waals surface area (Å²) in [5.74, 6) is 0.390. The predicted octanol–water partition coefficient (Wildman–Crippen LogP) is 14.1. The normalized spacial score (nSPS) is 16.5. The number of allylic oxidation sites excluding steroid dienone is 6. The fourth-order valence-electron chi connectivity index (χ4n) is 8.29. The summed E-state index contributed by atoms with van der Waals surface area (Å²) in [6.07, 6.45) is 10.8. The summed E-state index contributed by atoms with van der Waals surface area (Å²) in [6, 6.07) is 43.2.